The first kappa shape index (κ1) is 8.05. The maximum atomic E-state index is 12.5. The highest BCUT2D eigenvalue weighted by Gasteiger charge is 1.98. The van der Waals surface area contributed by atoms with Crippen LogP contribution >= 0.6 is 0 Å². The van der Waals surface area contributed by atoms with Crippen LogP contribution in [-0.2, 0) is 6.42 Å². The predicted molar refractivity (Wildman–Crippen MR) is 44.8 cm³/mol. The molecular formula is C9H12FN. The first-order chi connectivity index (χ1) is 5.24. The Hall–Kier alpha value is -1.05. The Bertz CT molecular complexity index is 245. The molecule has 0 aliphatic rings. The SMILES string of the molecule is CCCc1ccc(F)cc1N. The molecular weight excluding hydrogens is 141 g/mol. The number of aryl methyl sites for hydroxylation is 1. The van der Waals surface area contributed by atoms with Crippen molar-refractivity contribution in [2.45, 2.75) is 19.8 Å². The summed E-state index contributed by atoms with van der Waals surface area (Å²) in [6, 6.07) is 4.56. The monoisotopic (exact) mass is 153 g/mol. The Balaban J connectivity index is 2.90. The van der Waals surface area contributed by atoms with Crippen molar-refractivity contribution in [1.29, 1.82) is 0 Å². The molecule has 0 radical (unpaired) electrons. The van der Waals surface area contributed by atoms with E-state index in [2.05, 4.69) is 6.92 Å². The summed E-state index contributed by atoms with van der Waals surface area (Å²) in [5.74, 6) is -0.262. The topological polar surface area (TPSA) is 26.0 Å². The van der Waals surface area contributed by atoms with Gasteiger partial charge in [-0.3, -0.25) is 0 Å². The zero-order valence-electron chi connectivity index (χ0n) is 6.60. The van der Waals surface area contributed by atoms with Crippen LogP contribution in [0, 0.1) is 5.82 Å². The fraction of sp³-hybridized carbons (Fsp3) is 0.333. The van der Waals surface area contributed by atoms with E-state index in [0.29, 0.717) is 5.69 Å². The summed E-state index contributed by atoms with van der Waals surface area (Å²) >= 11 is 0. The quantitative estimate of drug-likeness (QED) is 0.648. The summed E-state index contributed by atoms with van der Waals surface area (Å²) in [6.07, 6.45) is 1.96. The van der Waals surface area contributed by atoms with E-state index in [9.17, 15) is 4.39 Å². The van der Waals surface area contributed by atoms with E-state index in [1.165, 1.54) is 12.1 Å². The van der Waals surface area contributed by atoms with Crippen molar-refractivity contribution < 1.29 is 4.39 Å². The third-order valence-corrected chi connectivity index (χ3v) is 1.63. The highest BCUT2D eigenvalue weighted by atomic mass is 19.1. The first-order valence-corrected chi connectivity index (χ1v) is 3.78. The van der Waals surface area contributed by atoms with Crippen LogP contribution in [0.3, 0.4) is 0 Å². The van der Waals surface area contributed by atoms with E-state index in [-0.39, 0.29) is 5.82 Å². The zero-order valence-corrected chi connectivity index (χ0v) is 6.60. The van der Waals surface area contributed by atoms with Crippen LogP contribution in [0.25, 0.3) is 0 Å². The van der Waals surface area contributed by atoms with Gasteiger partial charge in [0, 0.05) is 5.69 Å². The molecule has 1 aromatic carbocycles. The summed E-state index contributed by atoms with van der Waals surface area (Å²) in [7, 11) is 0. The standard InChI is InChI=1S/C9H12FN/c1-2-3-7-4-5-8(10)6-9(7)11/h4-6H,2-3,11H2,1H3. The Morgan fingerprint density at radius 1 is 1.45 bits per heavy atom. The molecule has 0 fully saturated rings. The molecule has 0 atom stereocenters. The van der Waals surface area contributed by atoms with Crippen molar-refractivity contribution in [3.63, 3.8) is 0 Å². The van der Waals surface area contributed by atoms with Gasteiger partial charge >= 0.3 is 0 Å². The van der Waals surface area contributed by atoms with Gasteiger partial charge in [-0.15, -0.1) is 0 Å². The number of benzene rings is 1. The van der Waals surface area contributed by atoms with Gasteiger partial charge < -0.3 is 5.73 Å². The van der Waals surface area contributed by atoms with Crippen molar-refractivity contribution in [2.75, 3.05) is 5.73 Å². The van der Waals surface area contributed by atoms with Crippen molar-refractivity contribution in [2.24, 2.45) is 0 Å². The summed E-state index contributed by atoms with van der Waals surface area (Å²) < 4.78 is 12.5. The van der Waals surface area contributed by atoms with Gasteiger partial charge in [-0.2, -0.15) is 0 Å². The molecule has 0 spiro atoms. The third kappa shape index (κ3) is 1.93. The Morgan fingerprint density at radius 3 is 2.73 bits per heavy atom. The molecule has 0 heterocycles. The number of anilines is 1. The van der Waals surface area contributed by atoms with Crippen LogP contribution in [0.2, 0.25) is 0 Å². The lowest BCUT2D eigenvalue weighted by atomic mass is 10.1. The molecule has 60 valence electrons. The van der Waals surface area contributed by atoms with Crippen molar-refractivity contribution in [3.8, 4) is 0 Å². The van der Waals surface area contributed by atoms with Gasteiger partial charge in [0.2, 0.25) is 0 Å². The first-order valence-electron chi connectivity index (χ1n) is 3.78. The van der Waals surface area contributed by atoms with E-state index in [1.807, 2.05) is 0 Å². The summed E-state index contributed by atoms with van der Waals surface area (Å²) in [6.45, 7) is 2.07. The van der Waals surface area contributed by atoms with Crippen LogP contribution in [0.1, 0.15) is 18.9 Å². The van der Waals surface area contributed by atoms with Gasteiger partial charge in [-0.1, -0.05) is 19.4 Å². The normalized spacial score (nSPS) is 10.0. The molecule has 0 amide bonds. The van der Waals surface area contributed by atoms with E-state index in [1.54, 1.807) is 6.07 Å². The highest BCUT2D eigenvalue weighted by Crippen LogP contribution is 2.14. The van der Waals surface area contributed by atoms with Gasteiger partial charge in [0.05, 0.1) is 0 Å². The maximum absolute atomic E-state index is 12.5. The summed E-state index contributed by atoms with van der Waals surface area (Å²) in [5.41, 5.74) is 7.17. The molecule has 0 aliphatic carbocycles. The smallest absolute Gasteiger partial charge is 0.125 e. The van der Waals surface area contributed by atoms with Crippen LogP contribution in [0.4, 0.5) is 10.1 Å². The lowest BCUT2D eigenvalue weighted by Gasteiger charge is -2.02. The van der Waals surface area contributed by atoms with Crippen molar-refractivity contribution in [1.82, 2.24) is 0 Å². The molecule has 1 aromatic rings. The fourth-order valence-electron chi connectivity index (χ4n) is 1.06. The van der Waals surface area contributed by atoms with Gasteiger partial charge in [0.1, 0.15) is 5.82 Å². The Labute approximate surface area is 66.0 Å². The zero-order chi connectivity index (χ0) is 8.27. The number of hydrogen-bond donors (Lipinski definition) is 1. The molecule has 1 rings (SSSR count). The van der Waals surface area contributed by atoms with Gasteiger partial charge in [-0.25, -0.2) is 4.39 Å². The number of nitrogens with two attached hydrogens (primary N) is 1. The predicted octanol–water partition coefficient (Wildman–Crippen LogP) is 2.36. The van der Waals surface area contributed by atoms with E-state index in [4.69, 9.17) is 5.73 Å². The van der Waals surface area contributed by atoms with E-state index >= 15 is 0 Å². The molecule has 0 saturated heterocycles. The van der Waals surface area contributed by atoms with Crippen LogP contribution < -0.4 is 5.73 Å². The molecule has 0 aromatic heterocycles. The van der Waals surface area contributed by atoms with Gasteiger partial charge in [0.15, 0.2) is 0 Å². The minimum atomic E-state index is -0.262. The highest BCUT2D eigenvalue weighted by molar-refractivity contribution is 5.46. The second-order valence-corrected chi connectivity index (χ2v) is 2.59. The molecule has 1 nitrogen and oxygen atoms in total. The molecule has 0 saturated carbocycles. The third-order valence-electron chi connectivity index (χ3n) is 1.63. The Kier molecular flexibility index (Phi) is 2.47. The van der Waals surface area contributed by atoms with Crippen LogP contribution in [0.5, 0.6) is 0 Å². The average molecular weight is 153 g/mol. The minimum absolute atomic E-state index is 0.262. The second kappa shape index (κ2) is 3.37. The summed E-state index contributed by atoms with van der Waals surface area (Å²) in [4.78, 5) is 0. The maximum Gasteiger partial charge on any atom is 0.125 e. The van der Waals surface area contributed by atoms with Crippen LogP contribution in [0.15, 0.2) is 18.2 Å². The molecule has 0 aliphatic heterocycles. The largest absolute Gasteiger partial charge is 0.398 e. The van der Waals surface area contributed by atoms with Gasteiger partial charge in [-0.05, 0) is 24.1 Å². The van der Waals surface area contributed by atoms with Gasteiger partial charge in [0.25, 0.3) is 0 Å². The molecule has 2 heteroatoms. The van der Waals surface area contributed by atoms with E-state index in [0.717, 1.165) is 18.4 Å². The average Bonchev–Trinajstić information content (AvgIpc) is 1.95. The molecule has 0 unspecified atom stereocenters. The summed E-state index contributed by atoms with van der Waals surface area (Å²) in [5, 5.41) is 0. The van der Waals surface area contributed by atoms with Crippen molar-refractivity contribution >= 4 is 5.69 Å². The van der Waals surface area contributed by atoms with Crippen molar-refractivity contribution in [3.05, 3.63) is 29.6 Å². The Morgan fingerprint density at radius 2 is 2.18 bits per heavy atom. The fourth-order valence-corrected chi connectivity index (χ4v) is 1.06. The molecule has 11 heavy (non-hydrogen) atoms. The number of rotatable bonds is 2. The molecule has 0 bridgehead atoms. The van der Waals surface area contributed by atoms with E-state index < -0.39 is 0 Å². The second-order valence-electron chi connectivity index (χ2n) is 2.59. The lowest BCUT2D eigenvalue weighted by molar-refractivity contribution is 0.627. The molecule has 2 N–H and O–H groups in total. The number of nitrogen functional groups attached to an aromatic ring is 1. The number of hydrogen-bond acceptors (Lipinski definition) is 1. The number of halogens is 1. The van der Waals surface area contributed by atoms with Crippen LogP contribution in [-0.4, -0.2) is 0 Å². The lowest BCUT2D eigenvalue weighted by Crippen LogP contribution is -1.94. The minimum Gasteiger partial charge on any atom is -0.398 e.